The Labute approximate surface area is 158 Å². The Hall–Kier alpha value is -3.43. The Balaban J connectivity index is 2.10. The summed E-state index contributed by atoms with van der Waals surface area (Å²) >= 11 is 0. The third kappa shape index (κ3) is 4.27. The predicted octanol–water partition coefficient (Wildman–Crippen LogP) is 2.50. The van der Waals surface area contributed by atoms with Crippen LogP contribution in [-0.2, 0) is 4.79 Å². The number of carbonyl (C=O) groups is 2. The molecule has 0 heterocycles. The molecule has 0 aliphatic rings. The molecular weight excluding hydrogens is 381 g/mol. The number of halogens is 3. The third-order valence-corrected chi connectivity index (χ3v) is 3.67. The van der Waals surface area contributed by atoms with E-state index in [1.807, 2.05) is 5.32 Å². The van der Waals surface area contributed by atoms with Crippen LogP contribution >= 0.6 is 0 Å². The van der Waals surface area contributed by atoms with Crippen molar-refractivity contribution in [1.29, 1.82) is 0 Å². The smallest absolute Gasteiger partial charge is 0.255 e. The van der Waals surface area contributed by atoms with Crippen LogP contribution in [0.4, 0.5) is 18.9 Å². The molecular formula is C18H17F3N2O5. The van der Waals surface area contributed by atoms with E-state index in [4.69, 9.17) is 14.2 Å². The average molecular weight is 398 g/mol. The molecule has 150 valence electrons. The highest BCUT2D eigenvalue weighted by Crippen LogP contribution is 2.39. The van der Waals surface area contributed by atoms with Gasteiger partial charge < -0.3 is 24.8 Å². The van der Waals surface area contributed by atoms with E-state index in [-0.39, 0.29) is 17.1 Å². The SMILES string of the molecule is COc1ccc(C(=O)NCC(=O)Nc2ccc(F)c(F)c2F)c(OC)c1OC. The van der Waals surface area contributed by atoms with E-state index in [1.54, 1.807) is 0 Å². The number of carbonyl (C=O) groups excluding carboxylic acids is 2. The van der Waals surface area contributed by atoms with Crippen LogP contribution in [-0.4, -0.2) is 39.7 Å². The maximum Gasteiger partial charge on any atom is 0.255 e. The molecule has 0 radical (unpaired) electrons. The lowest BCUT2D eigenvalue weighted by molar-refractivity contribution is -0.115. The second-order valence-corrected chi connectivity index (χ2v) is 5.34. The van der Waals surface area contributed by atoms with Gasteiger partial charge in [0.2, 0.25) is 11.7 Å². The van der Waals surface area contributed by atoms with E-state index in [1.165, 1.54) is 33.5 Å². The predicted molar refractivity (Wildman–Crippen MR) is 93.4 cm³/mol. The van der Waals surface area contributed by atoms with Crippen LogP contribution in [0.5, 0.6) is 17.2 Å². The van der Waals surface area contributed by atoms with Crippen molar-refractivity contribution in [3.05, 3.63) is 47.3 Å². The summed E-state index contributed by atoms with van der Waals surface area (Å²) in [5.74, 6) is -5.56. The largest absolute Gasteiger partial charge is 0.493 e. The lowest BCUT2D eigenvalue weighted by Gasteiger charge is -2.15. The number of rotatable bonds is 7. The second-order valence-electron chi connectivity index (χ2n) is 5.34. The lowest BCUT2D eigenvalue weighted by Crippen LogP contribution is -2.33. The lowest BCUT2D eigenvalue weighted by atomic mass is 10.1. The van der Waals surface area contributed by atoms with E-state index < -0.39 is 41.5 Å². The minimum Gasteiger partial charge on any atom is -0.493 e. The fourth-order valence-electron chi connectivity index (χ4n) is 2.35. The summed E-state index contributed by atoms with van der Waals surface area (Å²) in [6.07, 6.45) is 0. The van der Waals surface area contributed by atoms with E-state index in [2.05, 4.69) is 5.32 Å². The van der Waals surface area contributed by atoms with Gasteiger partial charge in [0, 0.05) is 0 Å². The van der Waals surface area contributed by atoms with E-state index >= 15 is 0 Å². The molecule has 28 heavy (non-hydrogen) atoms. The van der Waals surface area contributed by atoms with Crippen molar-refractivity contribution < 1.29 is 37.0 Å². The van der Waals surface area contributed by atoms with E-state index in [9.17, 15) is 22.8 Å². The third-order valence-electron chi connectivity index (χ3n) is 3.67. The fourth-order valence-corrected chi connectivity index (χ4v) is 2.35. The highest BCUT2D eigenvalue weighted by Gasteiger charge is 2.21. The monoisotopic (exact) mass is 398 g/mol. The van der Waals surface area contributed by atoms with Crippen molar-refractivity contribution in [3.8, 4) is 17.2 Å². The molecule has 2 rings (SSSR count). The molecule has 0 fully saturated rings. The van der Waals surface area contributed by atoms with Crippen LogP contribution in [0.15, 0.2) is 24.3 Å². The van der Waals surface area contributed by atoms with Gasteiger partial charge in [-0.05, 0) is 24.3 Å². The zero-order valence-electron chi connectivity index (χ0n) is 15.2. The molecule has 2 aromatic rings. The number of nitrogens with one attached hydrogen (secondary N) is 2. The number of benzene rings is 2. The molecule has 0 aromatic heterocycles. The summed E-state index contributed by atoms with van der Waals surface area (Å²) in [4.78, 5) is 24.3. The summed E-state index contributed by atoms with van der Waals surface area (Å²) in [5.41, 5.74) is -0.492. The molecule has 0 aliphatic carbocycles. The van der Waals surface area contributed by atoms with Crippen molar-refractivity contribution >= 4 is 17.5 Å². The van der Waals surface area contributed by atoms with Crippen LogP contribution in [0.2, 0.25) is 0 Å². The van der Waals surface area contributed by atoms with Gasteiger partial charge in [-0.15, -0.1) is 0 Å². The molecule has 0 spiro atoms. The maximum absolute atomic E-state index is 13.6. The summed E-state index contributed by atoms with van der Waals surface area (Å²) in [6, 6.07) is 4.42. The van der Waals surface area contributed by atoms with Gasteiger partial charge in [-0.25, -0.2) is 13.2 Å². The maximum atomic E-state index is 13.6. The Bertz CT molecular complexity index is 905. The molecule has 0 saturated carbocycles. The van der Waals surface area contributed by atoms with Gasteiger partial charge in [0.25, 0.3) is 5.91 Å². The van der Waals surface area contributed by atoms with Gasteiger partial charge in [-0.1, -0.05) is 0 Å². The summed E-state index contributed by atoms with van der Waals surface area (Å²) in [5, 5.41) is 4.35. The number of anilines is 1. The molecule has 0 unspecified atom stereocenters. The number of hydrogen-bond acceptors (Lipinski definition) is 5. The van der Waals surface area contributed by atoms with Gasteiger partial charge >= 0.3 is 0 Å². The van der Waals surface area contributed by atoms with Crippen LogP contribution in [0.25, 0.3) is 0 Å². The van der Waals surface area contributed by atoms with Crippen LogP contribution in [0.3, 0.4) is 0 Å². The first-order chi connectivity index (χ1) is 13.3. The highest BCUT2D eigenvalue weighted by atomic mass is 19.2. The first kappa shape index (κ1) is 20.9. The Morgan fingerprint density at radius 1 is 0.893 bits per heavy atom. The van der Waals surface area contributed by atoms with Crippen LogP contribution in [0, 0.1) is 17.5 Å². The summed E-state index contributed by atoms with van der Waals surface area (Å²) < 4.78 is 55.1. The van der Waals surface area contributed by atoms with Crippen molar-refractivity contribution in [2.24, 2.45) is 0 Å². The molecule has 7 nitrogen and oxygen atoms in total. The number of methoxy groups -OCH3 is 3. The van der Waals surface area contributed by atoms with E-state index in [0.29, 0.717) is 11.8 Å². The van der Waals surface area contributed by atoms with Crippen molar-refractivity contribution in [2.75, 3.05) is 33.2 Å². The minimum absolute atomic E-state index is 0.0620. The second kappa shape index (κ2) is 8.98. The van der Waals surface area contributed by atoms with Gasteiger partial charge in [0.15, 0.2) is 29.0 Å². The quantitative estimate of drug-likeness (QED) is 0.700. The van der Waals surface area contributed by atoms with Crippen molar-refractivity contribution in [3.63, 3.8) is 0 Å². The molecule has 2 N–H and O–H groups in total. The Morgan fingerprint density at radius 2 is 1.57 bits per heavy atom. The topological polar surface area (TPSA) is 85.9 Å². The first-order valence-electron chi connectivity index (χ1n) is 7.84. The molecule has 0 atom stereocenters. The number of amides is 2. The van der Waals surface area contributed by atoms with Gasteiger partial charge in [0.05, 0.1) is 39.1 Å². The molecule has 10 heteroatoms. The fraction of sp³-hybridized carbons (Fsp3) is 0.222. The van der Waals surface area contributed by atoms with Crippen molar-refractivity contribution in [2.45, 2.75) is 0 Å². The Kier molecular flexibility index (Phi) is 6.69. The van der Waals surface area contributed by atoms with Gasteiger partial charge in [-0.3, -0.25) is 9.59 Å². The van der Waals surface area contributed by atoms with Crippen LogP contribution < -0.4 is 24.8 Å². The Morgan fingerprint density at radius 3 is 2.18 bits per heavy atom. The normalized spacial score (nSPS) is 10.2. The number of ether oxygens (including phenoxy) is 3. The standard InChI is InChI=1S/C18H17F3N2O5/c1-26-12-7-4-9(16(27-2)17(12)28-3)18(25)22-8-13(24)23-11-6-5-10(19)14(20)15(11)21/h4-7H,8H2,1-3H3,(H,22,25)(H,23,24). The van der Waals surface area contributed by atoms with Gasteiger partial charge in [-0.2, -0.15) is 0 Å². The molecule has 0 bridgehead atoms. The van der Waals surface area contributed by atoms with E-state index in [0.717, 1.165) is 6.07 Å². The highest BCUT2D eigenvalue weighted by molar-refractivity contribution is 6.01. The molecule has 0 saturated heterocycles. The molecule has 2 aromatic carbocycles. The first-order valence-corrected chi connectivity index (χ1v) is 7.84. The van der Waals surface area contributed by atoms with Crippen LogP contribution in [0.1, 0.15) is 10.4 Å². The summed E-state index contributed by atoms with van der Waals surface area (Å²) in [6.45, 7) is -0.561. The number of hydrogen-bond donors (Lipinski definition) is 2. The zero-order valence-corrected chi connectivity index (χ0v) is 15.2. The molecule has 0 aliphatic heterocycles. The van der Waals surface area contributed by atoms with Gasteiger partial charge in [0.1, 0.15) is 0 Å². The summed E-state index contributed by atoms with van der Waals surface area (Å²) in [7, 11) is 4.11. The minimum atomic E-state index is -1.71. The van der Waals surface area contributed by atoms with Crippen molar-refractivity contribution in [1.82, 2.24) is 5.32 Å². The molecule has 2 amide bonds. The average Bonchev–Trinajstić information content (AvgIpc) is 2.70. The zero-order chi connectivity index (χ0) is 20.8.